The van der Waals surface area contributed by atoms with E-state index >= 15 is 0 Å². The van der Waals surface area contributed by atoms with Gasteiger partial charge < -0.3 is 10.6 Å². The van der Waals surface area contributed by atoms with Gasteiger partial charge in [0, 0.05) is 24.7 Å². The van der Waals surface area contributed by atoms with E-state index in [0.717, 1.165) is 31.5 Å². The van der Waals surface area contributed by atoms with Crippen molar-refractivity contribution in [3.8, 4) is 0 Å². The maximum atomic E-state index is 12.3. The smallest absolute Gasteiger partial charge is 0.227 e. The zero-order valence-electron chi connectivity index (χ0n) is 12.9. The Kier molecular flexibility index (Phi) is 4.81. The van der Waals surface area contributed by atoms with Crippen LogP contribution in [0.25, 0.3) is 0 Å². The van der Waals surface area contributed by atoms with Crippen molar-refractivity contribution in [1.29, 1.82) is 0 Å². The van der Waals surface area contributed by atoms with Gasteiger partial charge in [0.05, 0.1) is 0 Å². The van der Waals surface area contributed by atoms with Crippen molar-refractivity contribution in [3.63, 3.8) is 0 Å². The maximum absolute atomic E-state index is 12.3. The van der Waals surface area contributed by atoms with Crippen LogP contribution in [0.15, 0.2) is 18.2 Å². The Balaban J connectivity index is 2.21. The van der Waals surface area contributed by atoms with Gasteiger partial charge in [-0.15, -0.1) is 0 Å². The molecule has 2 N–H and O–H groups in total. The molecule has 0 aliphatic carbocycles. The minimum absolute atomic E-state index is 0.176. The molecule has 0 bridgehead atoms. The number of fused-ring (bicyclic) bond motifs is 1. The van der Waals surface area contributed by atoms with Crippen LogP contribution in [0.3, 0.4) is 0 Å². The van der Waals surface area contributed by atoms with E-state index < -0.39 is 0 Å². The molecule has 0 fully saturated rings. The van der Waals surface area contributed by atoms with Gasteiger partial charge in [-0.3, -0.25) is 4.79 Å². The first kappa shape index (κ1) is 15.0. The number of hydrogen-bond donors (Lipinski definition) is 1. The van der Waals surface area contributed by atoms with Gasteiger partial charge in [-0.05, 0) is 49.3 Å². The van der Waals surface area contributed by atoms with E-state index in [1.807, 2.05) is 11.8 Å². The standard InChI is InChI=1S/C17H26N2O/c1-12(2)9-17(20)19-8-4-5-15-11-14(10-13(3)18)6-7-16(15)19/h6-7,11-13H,4-5,8-10,18H2,1-3H3. The highest BCUT2D eigenvalue weighted by Crippen LogP contribution is 2.29. The van der Waals surface area contributed by atoms with Gasteiger partial charge >= 0.3 is 0 Å². The molecule has 2 rings (SSSR count). The quantitative estimate of drug-likeness (QED) is 0.917. The van der Waals surface area contributed by atoms with Gasteiger partial charge in [0.1, 0.15) is 0 Å². The Morgan fingerprint density at radius 3 is 2.75 bits per heavy atom. The number of hydrogen-bond acceptors (Lipinski definition) is 2. The molecule has 3 nitrogen and oxygen atoms in total. The molecule has 1 amide bonds. The molecule has 110 valence electrons. The summed E-state index contributed by atoms with van der Waals surface area (Å²) in [7, 11) is 0. The number of carbonyl (C=O) groups excluding carboxylic acids is 1. The molecule has 1 aromatic rings. The molecule has 1 heterocycles. The fourth-order valence-electron chi connectivity index (χ4n) is 2.87. The van der Waals surface area contributed by atoms with Crippen LogP contribution < -0.4 is 10.6 Å². The third kappa shape index (κ3) is 3.60. The summed E-state index contributed by atoms with van der Waals surface area (Å²) < 4.78 is 0. The summed E-state index contributed by atoms with van der Waals surface area (Å²) in [5.41, 5.74) is 9.55. The number of nitrogens with two attached hydrogens (primary N) is 1. The summed E-state index contributed by atoms with van der Waals surface area (Å²) >= 11 is 0. The third-order valence-corrected chi connectivity index (χ3v) is 3.70. The predicted molar refractivity (Wildman–Crippen MR) is 83.9 cm³/mol. The summed E-state index contributed by atoms with van der Waals surface area (Å²) in [4.78, 5) is 14.3. The molecule has 1 atom stereocenters. The zero-order chi connectivity index (χ0) is 14.7. The minimum atomic E-state index is 0.176. The van der Waals surface area contributed by atoms with E-state index in [0.29, 0.717) is 12.3 Å². The largest absolute Gasteiger partial charge is 0.328 e. The van der Waals surface area contributed by atoms with Gasteiger partial charge in [-0.1, -0.05) is 26.0 Å². The summed E-state index contributed by atoms with van der Waals surface area (Å²) in [5.74, 6) is 0.658. The number of amides is 1. The molecule has 1 aliphatic rings. The zero-order valence-corrected chi connectivity index (χ0v) is 12.9. The van der Waals surface area contributed by atoms with Gasteiger partial charge in [0.2, 0.25) is 5.91 Å². The van der Waals surface area contributed by atoms with E-state index in [4.69, 9.17) is 5.73 Å². The molecule has 0 saturated heterocycles. The fourth-order valence-corrected chi connectivity index (χ4v) is 2.87. The first-order valence-electron chi connectivity index (χ1n) is 7.65. The molecule has 0 radical (unpaired) electrons. The number of carbonyl (C=O) groups is 1. The van der Waals surface area contributed by atoms with Crippen molar-refractivity contribution in [2.24, 2.45) is 11.7 Å². The lowest BCUT2D eigenvalue weighted by molar-refractivity contribution is -0.119. The third-order valence-electron chi connectivity index (χ3n) is 3.70. The molecule has 20 heavy (non-hydrogen) atoms. The highest BCUT2D eigenvalue weighted by atomic mass is 16.2. The van der Waals surface area contributed by atoms with Crippen molar-refractivity contribution in [1.82, 2.24) is 0 Å². The molecule has 1 unspecified atom stereocenters. The molecular formula is C17H26N2O. The number of benzene rings is 1. The number of rotatable bonds is 4. The van der Waals surface area contributed by atoms with Crippen molar-refractivity contribution in [2.45, 2.75) is 52.5 Å². The summed E-state index contributed by atoms with van der Waals surface area (Å²) in [6.45, 7) is 7.06. The molecule has 0 saturated carbocycles. The van der Waals surface area contributed by atoms with Crippen LogP contribution in [0.1, 0.15) is 44.7 Å². The first-order valence-corrected chi connectivity index (χ1v) is 7.65. The number of anilines is 1. The Morgan fingerprint density at radius 1 is 1.35 bits per heavy atom. The summed E-state index contributed by atoms with van der Waals surface area (Å²) in [6.07, 6.45) is 3.64. The lowest BCUT2D eigenvalue weighted by Crippen LogP contribution is -2.36. The van der Waals surface area contributed by atoms with Crippen molar-refractivity contribution < 1.29 is 4.79 Å². The van der Waals surface area contributed by atoms with Crippen LogP contribution in [0, 0.1) is 5.92 Å². The van der Waals surface area contributed by atoms with Crippen LogP contribution in [0.2, 0.25) is 0 Å². The van der Waals surface area contributed by atoms with E-state index in [1.165, 1.54) is 11.1 Å². The Labute approximate surface area is 122 Å². The number of aryl methyl sites for hydroxylation is 1. The first-order chi connectivity index (χ1) is 9.47. The van der Waals surface area contributed by atoms with Crippen LogP contribution in [0.4, 0.5) is 5.69 Å². The second kappa shape index (κ2) is 6.40. The summed E-state index contributed by atoms with van der Waals surface area (Å²) in [6, 6.07) is 6.62. The van der Waals surface area contributed by atoms with E-state index in [-0.39, 0.29) is 11.9 Å². The molecule has 0 spiro atoms. The average molecular weight is 274 g/mol. The van der Waals surface area contributed by atoms with Crippen molar-refractivity contribution in [3.05, 3.63) is 29.3 Å². The van der Waals surface area contributed by atoms with Crippen LogP contribution in [-0.2, 0) is 17.6 Å². The molecule has 1 aliphatic heterocycles. The maximum Gasteiger partial charge on any atom is 0.227 e. The highest BCUT2D eigenvalue weighted by molar-refractivity contribution is 5.94. The SMILES string of the molecule is CC(C)CC(=O)N1CCCc2cc(CC(C)N)ccc21. The lowest BCUT2D eigenvalue weighted by atomic mass is 9.96. The number of nitrogens with zero attached hydrogens (tertiary/aromatic N) is 1. The Bertz CT molecular complexity index is 480. The van der Waals surface area contributed by atoms with E-state index in [1.54, 1.807) is 0 Å². The monoisotopic (exact) mass is 274 g/mol. The Morgan fingerprint density at radius 2 is 2.10 bits per heavy atom. The Hall–Kier alpha value is -1.35. The van der Waals surface area contributed by atoms with Crippen LogP contribution >= 0.6 is 0 Å². The second-order valence-electron chi connectivity index (χ2n) is 6.39. The van der Waals surface area contributed by atoms with Crippen molar-refractivity contribution in [2.75, 3.05) is 11.4 Å². The van der Waals surface area contributed by atoms with Gasteiger partial charge in [-0.25, -0.2) is 0 Å². The highest BCUT2D eigenvalue weighted by Gasteiger charge is 2.23. The lowest BCUT2D eigenvalue weighted by Gasteiger charge is -2.30. The van der Waals surface area contributed by atoms with Crippen LogP contribution in [-0.4, -0.2) is 18.5 Å². The topological polar surface area (TPSA) is 46.3 Å². The van der Waals surface area contributed by atoms with Gasteiger partial charge in [0.15, 0.2) is 0 Å². The molecule has 1 aromatic carbocycles. The predicted octanol–water partition coefficient (Wildman–Crippen LogP) is 2.90. The van der Waals surface area contributed by atoms with Crippen molar-refractivity contribution >= 4 is 11.6 Å². The second-order valence-corrected chi connectivity index (χ2v) is 6.39. The average Bonchev–Trinajstić information content (AvgIpc) is 2.36. The van der Waals surface area contributed by atoms with E-state index in [2.05, 4.69) is 32.0 Å². The molecular weight excluding hydrogens is 248 g/mol. The fraction of sp³-hybridized carbons (Fsp3) is 0.588. The van der Waals surface area contributed by atoms with E-state index in [9.17, 15) is 4.79 Å². The summed E-state index contributed by atoms with van der Waals surface area (Å²) in [5, 5.41) is 0. The normalized spacial score (nSPS) is 16.1. The minimum Gasteiger partial charge on any atom is -0.328 e. The molecule has 3 heteroatoms. The van der Waals surface area contributed by atoms with Gasteiger partial charge in [-0.2, -0.15) is 0 Å². The van der Waals surface area contributed by atoms with Crippen LogP contribution in [0.5, 0.6) is 0 Å². The van der Waals surface area contributed by atoms with Gasteiger partial charge in [0.25, 0.3) is 0 Å². The molecule has 0 aromatic heterocycles.